The Morgan fingerprint density at radius 3 is 2.52 bits per heavy atom. The first-order valence-corrected chi connectivity index (χ1v) is 9.53. The summed E-state index contributed by atoms with van der Waals surface area (Å²) in [6.07, 6.45) is -4.04. The van der Waals surface area contributed by atoms with Crippen LogP contribution in [0.3, 0.4) is 0 Å². The summed E-state index contributed by atoms with van der Waals surface area (Å²) in [7, 11) is 1.59. The molecule has 0 N–H and O–H groups in total. The van der Waals surface area contributed by atoms with Crippen LogP contribution in [-0.2, 0) is 16.1 Å². The summed E-state index contributed by atoms with van der Waals surface area (Å²) < 4.78 is 52.7. The van der Waals surface area contributed by atoms with Crippen molar-refractivity contribution >= 4 is 17.0 Å². The summed E-state index contributed by atoms with van der Waals surface area (Å²) in [5.41, 5.74) is 2.00. The molecule has 31 heavy (non-hydrogen) atoms. The Morgan fingerprint density at radius 1 is 1.16 bits per heavy atom. The van der Waals surface area contributed by atoms with Crippen molar-refractivity contribution in [2.24, 2.45) is 0 Å². The van der Waals surface area contributed by atoms with Gasteiger partial charge in [0.2, 0.25) is 5.91 Å². The molecule has 1 aromatic heterocycles. The van der Waals surface area contributed by atoms with E-state index in [0.29, 0.717) is 35.3 Å². The number of likely N-dealkylation sites (tertiary alicyclic amines) is 1. The van der Waals surface area contributed by atoms with E-state index in [1.165, 1.54) is 28.8 Å². The largest absolute Gasteiger partial charge is 0.573 e. The van der Waals surface area contributed by atoms with Crippen molar-refractivity contribution < 1.29 is 31.9 Å². The lowest BCUT2D eigenvalue weighted by atomic mass is 10.1. The number of hydrogen-bond donors (Lipinski definition) is 0. The minimum absolute atomic E-state index is 0.0161. The Kier molecular flexibility index (Phi) is 5.48. The number of oxazole rings is 1. The fourth-order valence-electron chi connectivity index (χ4n) is 3.62. The maximum absolute atomic E-state index is 12.6. The van der Waals surface area contributed by atoms with Gasteiger partial charge in [0, 0.05) is 20.2 Å². The van der Waals surface area contributed by atoms with Crippen molar-refractivity contribution in [3.05, 3.63) is 53.0 Å². The summed E-state index contributed by atoms with van der Waals surface area (Å²) in [6, 6.07) is 10.3. The van der Waals surface area contributed by atoms with Crippen LogP contribution < -0.4 is 10.5 Å². The van der Waals surface area contributed by atoms with Gasteiger partial charge in [0.1, 0.15) is 12.3 Å². The number of methoxy groups -OCH3 is 1. The topological polar surface area (TPSA) is 73.9 Å². The molecule has 1 saturated heterocycles. The maximum atomic E-state index is 12.6. The smallest absolute Gasteiger partial charge is 0.408 e. The number of carbonyl (C=O) groups is 1. The Morgan fingerprint density at radius 2 is 1.87 bits per heavy atom. The fraction of sp³-hybridized carbons (Fsp3) is 0.333. The van der Waals surface area contributed by atoms with Crippen molar-refractivity contribution in [1.82, 2.24) is 9.47 Å². The van der Waals surface area contributed by atoms with E-state index in [0.717, 1.165) is 6.42 Å². The van der Waals surface area contributed by atoms with Gasteiger partial charge in [-0.25, -0.2) is 4.79 Å². The van der Waals surface area contributed by atoms with E-state index in [1.807, 2.05) is 0 Å². The summed E-state index contributed by atoms with van der Waals surface area (Å²) in [5.74, 6) is -1.21. The molecule has 7 nitrogen and oxygen atoms in total. The molecule has 4 rings (SSSR count). The van der Waals surface area contributed by atoms with E-state index in [4.69, 9.17) is 9.15 Å². The number of nitrogens with zero attached hydrogens (tertiary/aromatic N) is 2. The van der Waals surface area contributed by atoms with Crippen LogP contribution in [0.1, 0.15) is 6.42 Å². The lowest BCUT2D eigenvalue weighted by Gasteiger charge is -2.16. The molecule has 10 heteroatoms. The van der Waals surface area contributed by atoms with Gasteiger partial charge in [-0.2, -0.15) is 0 Å². The van der Waals surface area contributed by atoms with Crippen LogP contribution in [0.2, 0.25) is 0 Å². The quantitative estimate of drug-likeness (QED) is 0.613. The van der Waals surface area contributed by atoms with E-state index in [-0.39, 0.29) is 24.3 Å². The molecular formula is C21H19F3N2O5. The Hall–Kier alpha value is -3.27. The minimum atomic E-state index is -4.77. The molecule has 0 bridgehead atoms. The molecule has 2 heterocycles. The molecule has 0 radical (unpaired) electrons. The van der Waals surface area contributed by atoms with Crippen LogP contribution >= 0.6 is 0 Å². The predicted molar refractivity (Wildman–Crippen MR) is 105 cm³/mol. The standard InChI is InChI=1S/C21H19F3N2O5/c1-29-16-8-9-25(11-16)19(27)12-26-17-10-14(4-7-18(17)30-20(26)28)13-2-5-15(6-3-13)31-21(22,23)24/h2-7,10,16H,8-9,11-12H2,1H3/t16-/m0/s1. The first-order valence-electron chi connectivity index (χ1n) is 9.53. The normalized spacial score (nSPS) is 16.8. The number of benzene rings is 2. The van der Waals surface area contributed by atoms with Crippen LogP contribution in [0.4, 0.5) is 13.2 Å². The number of amides is 1. The third-order valence-electron chi connectivity index (χ3n) is 5.21. The first kappa shape index (κ1) is 21.0. The highest BCUT2D eigenvalue weighted by Gasteiger charge is 2.31. The molecule has 1 aliphatic heterocycles. The lowest BCUT2D eigenvalue weighted by molar-refractivity contribution is -0.274. The summed E-state index contributed by atoms with van der Waals surface area (Å²) in [6.45, 7) is 0.848. The van der Waals surface area contributed by atoms with Crippen molar-refractivity contribution in [2.45, 2.75) is 25.4 Å². The number of ether oxygens (including phenoxy) is 2. The van der Waals surface area contributed by atoms with E-state index in [9.17, 15) is 22.8 Å². The first-order chi connectivity index (χ1) is 14.7. The second kappa shape index (κ2) is 8.10. The summed E-state index contributed by atoms with van der Waals surface area (Å²) in [5, 5.41) is 0. The molecule has 1 atom stereocenters. The highest BCUT2D eigenvalue weighted by molar-refractivity contribution is 5.83. The molecule has 0 unspecified atom stereocenters. The van der Waals surface area contributed by atoms with Crippen LogP contribution in [0.15, 0.2) is 51.7 Å². The van der Waals surface area contributed by atoms with E-state index in [2.05, 4.69) is 4.74 Å². The van der Waals surface area contributed by atoms with Crippen LogP contribution in [-0.4, -0.2) is 48.0 Å². The zero-order valence-electron chi connectivity index (χ0n) is 16.5. The molecule has 1 fully saturated rings. The van der Waals surface area contributed by atoms with Crippen molar-refractivity contribution in [3.63, 3.8) is 0 Å². The highest BCUT2D eigenvalue weighted by Crippen LogP contribution is 2.28. The van der Waals surface area contributed by atoms with Gasteiger partial charge in [0.25, 0.3) is 0 Å². The second-order valence-electron chi connectivity index (χ2n) is 7.19. The van der Waals surface area contributed by atoms with Gasteiger partial charge in [-0.05, 0) is 41.8 Å². The van der Waals surface area contributed by atoms with E-state index in [1.54, 1.807) is 30.2 Å². The number of rotatable bonds is 5. The average Bonchev–Trinajstić information content (AvgIpc) is 3.32. The van der Waals surface area contributed by atoms with Crippen molar-refractivity contribution in [1.29, 1.82) is 0 Å². The molecule has 3 aromatic rings. The Bertz CT molecular complexity index is 1150. The monoisotopic (exact) mass is 436 g/mol. The molecule has 0 saturated carbocycles. The summed E-state index contributed by atoms with van der Waals surface area (Å²) in [4.78, 5) is 26.6. The SMILES string of the molecule is CO[C@H]1CCN(C(=O)Cn2c(=O)oc3ccc(-c4ccc(OC(F)(F)F)cc4)cc32)C1. The van der Waals surface area contributed by atoms with E-state index < -0.39 is 12.1 Å². The molecule has 1 aliphatic rings. The van der Waals surface area contributed by atoms with Crippen LogP contribution in [0.5, 0.6) is 5.75 Å². The number of fused-ring (bicyclic) bond motifs is 1. The van der Waals surface area contributed by atoms with Gasteiger partial charge in [0.05, 0.1) is 11.6 Å². The second-order valence-corrected chi connectivity index (χ2v) is 7.19. The maximum Gasteiger partial charge on any atom is 0.573 e. The number of hydrogen-bond acceptors (Lipinski definition) is 5. The fourth-order valence-corrected chi connectivity index (χ4v) is 3.62. The average molecular weight is 436 g/mol. The molecule has 2 aromatic carbocycles. The Labute approximate surface area is 174 Å². The van der Waals surface area contributed by atoms with Crippen LogP contribution in [0, 0.1) is 0 Å². The zero-order chi connectivity index (χ0) is 22.2. The van der Waals surface area contributed by atoms with E-state index >= 15 is 0 Å². The predicted octanol–water partition coefficient (Wildman–Crippen LogP) is 3.41. The highest BCUT2D eigenvalue weighted by atomic mass is 19.4. The van der Waals surface area contributed by atoms with Crippen molar-refractivity contribution in [3.8, 4) is 16.9 Å². The van der Waals surface area contributed by atoms with Gasteiger partial charge in [-0.1, -0.05) is 18.2 Å². The molecule has 0 spiro atoms. The van der Waals surface area contributed by atoms with Gasteiger partial charge in [-0.15, -0.1) is 13.2 Å². The molecule has 0 aliphatic carbocycles. The number of halogens is 3. The third-order valence-corrected chi connectivity index (χ3v) is 5.21. The van der Waals surface area contributed by atoms with Gasteiger partial charge in [-0.3, -0.25) is 9.36 Å². The van der Waals surface area contributed by atoms with Gasteiger partial charge >= 0.3 is 12.1 Å². The Balaban J connectivity index is 1.59. The molecule has 1 amide bonds. The number of alkyl halides is 3. The lowest BCUT2D eigenvalue weighted by Crippen LogP contribution is -2.34. The van der Waals surface area contributed by atoms with Crippen LogP contribution in [0.25, 0.3) is 22.2 Å². The third kappa shape index (κ3) is 4.58. The van der Waals surface area contributed by atoms with Gasteiger partial charge < -0.3 is 18.8 Å². The zero-order valence-corrected chi connectivity index (χ0v) is 16.5. The van der Waals surface area contributed by atoms with Gasteiger partial charge in [0.15, 0.2) is 5.58 Å². The molecular weight excluding hydrogens is 417 g/mol. The number of aromatic nitrogens is 1. The number of carbonyl (C=O) groups excluding carboxylic acids is 1. The van der Waals surface area contributed by atoms with Crippen molar-refractivity contribution in [2.75, 3.05) is 20.2 Å². The molecule has 164 valence electrons. The summed E-state index contributed by atoms with van der Waals surface area (Å²) >= 11 is 0. The minimum Gasteiger partial charge on any atom is -0.408 e.